The summed E-state index contributed by atoms with van der Waals surface area (Å²) < 4.78 is 0. The summed E-state index contributed by atoms with van der Waals surface area (Å²) in [6.07, 6.45) is 9.12. The lowest BCUT2D eigenvalue weighted by molar-refractivity contribution is -0.0400. The van der Waals surface area contributed by atoms with Gasteiger partial charge < -0.3 is 15.1 Å². The Labute approximate surface area is 151 Å². The predicted octanol–water partition coefficient (Wildman–Crippen LogP) is 1.76. The van der Waals surface area contributed by atoms with E-state index < -0.39 is 0 Å². The van der Waals surface area contributed by atoms with Gasteiger partial charge in [0.2, 0.25) is 0 Å². The second kappa shape index (κ2) is 7.08. The van der Waals surface area contributed by atoms with Crippen LogP contribution in [0, 0.1) is 11.8 Å². The van der Waals surface area contributed by atoms with Crippen molar-refractivity contribution in [3.05, 3.63) is 12.4 Å². The molecule has 138 valence electrons. The quantitative estimate of drug-likeness (QED) is 0.898. The number of fused-ring (bicyclic) bond motifs is 4. The van der Waals surface area contributed by atoms with Crippen LogP contribution in [0.4, 0.5) is 11.6 Å². The van der Waals surface area contributed by atoms with Crippen LogP contribution in [0.15, 0.2) is 12.4 Å². The van der Waals surface area contributed by atoms with Crippen LogP contribution in [-0.4, -0.2) is 79.2 Å². The van der Waals surface area contributed by atoms with Crippen LogP contribution in [0.2, 0.25) is 0 Å². The normalized spacial score (nSPS) is 32.6. The molecule has 1 aromatic rings. The Morgan fingerprint density at radius 2 is 1.96 bits per heavy atom. The van der Waals surface area contributed by atoms with Crippen molar-refractivity contribution in [1.29, 1.82) is 0 Å². The summed E-state index contributed by atoms with van der Waals surface area (Å²) in [5.41, 5.74) is 0. The Morgan fingerprint density at radius 1 is 1.16 bits per heavy atom. The molecule has 0 unspecified atom stereocenters. The Bertz CT molecular complexity index is 591. The fraction of sp³-hybridized carbons (Fsp3) is 0.789. The number of nitrogens with zero attached hydrogens (tertiary/aromatic N) is 5. The topological polar surface area (TPSA) is 47.5 Å². The van der Waals surface area contributed by atoms with Gasteiger partial charge in [-0.25, -0.2) is 9.97 Å². The average molecular weight is 345 g/mol. The number of likely N-dealkylation sites (N-methyl/N-ethyl adjacent to an activating group) is 1. The molecule has 3 aliphatic rings. The maximum Gasteiger partial charge on any atom is 0.171 e. The Hall–Kier alpha value is -1.40. The predicted molar refractivity (Wildman–Crippen MR) is 102 cm³/mol. The molecule has 3 saturated heterocycles. The third-order valence-corrected chi connectivity index (χ3v) is 6.39. The van der Waals surface area contributed by atoms with E-state index in [9.17, 15) is 0 Å². The van der Waals surface area contributed by atoms with Crippen molar-refractivity contribution in [2.45, 2.75) is 37.8 Å². The van der Waals surface area contributed by atoms with Gasteiger partial charge in [0.05, 0.1) is 0 Å². The Kier molecular flexibility index (Phi) is 4.82. The van der Waals surface area contributed by atoms with Gasteiger partial charge in [-0.05, 0) is 51.7 Å². The van der Waals surface area contributed by atoms with Gasteiger partial charge in [0.15, 0.2) is 11.6 Å². The molecule has 3 fully saturated rings. The van der Waals surface area contributed by atoms with E-state index in [1.165, 1.54) is 38.8 Å². The monoisotopic (exact) mass is 344 g/mol. The number of anilines is 2. The zero-order chi connectivity index (χ0) is 17.4. The zero-order valence-electron chi connectivity index (χ0n) is 15.9. The third kappa shape index (κ3) is 3.22. The minimum Gasteiger partial charge on any atom is -0.370 e. The van der Waals surface area contributed by atoms with Crippen molar-refractivity contribution in [3.8, 4) is 0 Å². The van der Waals surface area contributed by atoms with E-state index in [1.807, 2.05) is 13.2 Å². The highest BCUT2D eigenvalue weighted by molar-refractivity contribution is 5.60. The molecule has 1 N–H and O–H groups in total. The van der Waals surface area contributed by atoms with Crippen molar-refractivity contribution in [2.75, 3.05) is 57.5 Å². The number of piperidine rings is 3. The van der Waals surface area contributed by atoms with E-state index in [4.69, 9.17) is 0 Å². The standard InChI is InChI=1S/C19H32N6/c1-20-18-19(22-8-7-21-18)24-11-14-10-15(12-24)17(13-23(2)3)25-9-5-4-6-16(14)25/h7-8,14-17H,4-6,9-13H2,1-3H3,(H,20,21)/t14-,15+,16+,17+/m1/s1. The van der Waals surface area contributed by atoms with Gasteiger partial charge in [-0.2, -0.15) is 0 Å². The van der Waals surface area contributed by atoms with Crippen LogP contribution < -0.4 is 10.2 Å². The first kappa shape index (κ1) is 17.0. The summed E-state index contributed by atoms with van der Waals surface area (Å²) in [4.78, 5) is 16.9. The lowest BCUT2D eigenvalue weighted by Crippen LogP contribution is -2.65. The first-order chi connectivity index (χ1) is 12.2. The number of nitrogens with one attached hydrogen (secondary N) is 1. The molecule has 6 nitrogen and oxygen atoms in total. The van der Waals surface area contributed by atoms with E-state index in [0.29, 0.717) is 6.04 Å². The average Bonchev–Trinajstić information content (AvgIpc) is 2.65. The molecule has 2 bridgehead atoms. The molecule has 6 heteroatoms. The largest absolute Gasteiger partial charge is 0.370 e. The minimum absolute atomic E-state index is 0.675. The maximum absolute atomic E-state index is 4.67. The molecule has 4 atom stereocenters. The van der Waals surface area contributed by atoms with Crippen molar-refractivity contribution < 1.29 is 0 Å². The molecule has 0 aliphatic carbocycles. The summed E-state index contributed by atoms with van der Waals surface area (Å²) >= 11 is 0. The first-order valence-corrected chi connectivity index (χ1v) is 9.81. The van der Waals surface area contributed by atoms with Crippen LogP contribution in [0.5, 0.6) is 0 Å². The SMILES string of the molecule is CNc1nccnc1N1C[C@H]2C[C@@H](C1)[C@H](CN(C)C)N1CCCC[C@@H]21. The smallest absolute Gasteiger partial charge is 0.171 e. The summed E-state index contributed by atoms with van der Waals surface area (Å²) in [6, 6.07) is 1.43. The van der Waals surface area contributed by atoms with Crippen molar-refractivity contribution in [1.82, 2.24) is 19.8 Å². The fourth-order valence-electron chi connectivity index (χ4n) is 5.44. The Balaban J connectivity index is 1.62. The molecule has 25 heavy (non-hydrogen) atoms. The molecule has 0 saturated carbocycles. The number of rotatable bonds is 4. The fourth-order valence-corrected chi connectivity index (χ4v) is 5.44. The molecular formula is C19H32N6. The molecule has 0 aromatic carbocycles. The van der Waals surface area contributed by atoms with Crippen LogP contribution >= 0.6 is 0 Å². The van der Waals surface area contributed by atoms with Crippen LogP contribution in [0.1, 0.15) is 25.7 Å². The van der Waals surface area contributed by atoms with Gasteiger partial charge in [0, 0.05) is 51.2 Å². The molecule has 3 aliphatic heterocycles. The summed E-state index contributed by atoms with van der Waals surface area (Å²) in [5, 5.41) is 3.22. The lowest BCUT2D eigenvalue weighted by atomic mass is 9.72. The Morgan fingerprint density at radius 3 is 2.76 bits per heavy atom. The second-order valence-corrected chi connectivity index (χ2v) is 8.27. The maximum atomic E-state index is 4.67. The number of aromatic nitrogens is 2. The van der Waals surface area contributed by atoms with Crippen LogP contribution in [-0.2, 0) is 0 Å². The highest BCUT2D eigenvalue weighted by atomic mass is 15.3. The van der Waals surface area contributed by atoms with Crippen molar-refractivity contribution in [2.24, 2.45) is 11.8 Å². The minimum atomic E-state index is 0.675. The van der Waals surface area contributed by atoms with Crippen LogP contribution in [0.25, 0.3) is 0 Å². The van der Waals surface area contributed by atoms with Gasteiger partial charge in [0.25, 0.3) is 0 Å². The van der Waals surface area contributed by atoms with Gasteiger partial charge in [-0.15, -0.1) is 0 Å². The molecule has 4 heterocycles. The molecular weight excluding hydrogens is 312 g/mol. The van der Waals surface area contributed by atoms with Crippen molar-refractivity contribution >= 4 is 11.6 Å². The van der Waals surface area contributed by atoms with E-state index in [2.05, 4.69) is 44.1 Å². The number of hydrogen-bond acceptors (Lipinski definition) is 6. The van der Waals surface area contributed by atoms with Gasteiger partial charge >= 0.3 is 0 Å². The summed E-state index contributed by atoms with van der Waals surface area (Å²) in [5.74, 6) is 3.44. The van der Waals surface area contributed by atoms with Crippen molar-refractivity contribution in [3.63, 3.8) is 0 Å². The van der Waals surface area contributed by atoms with E-state index in [1.54, 1.807) is 6.20 Å². The highest BCUT2D eigenvalue weighted by Crippen LogP contribution is 2.42. The molecule has 4 rings (SSSR count). The number of hydrogen-bond donors (Lipinski definition) is 1. The first-order valence-electron chi connectivity index (χ1n) is 9.81. The van der Waals surface area contributed by atoms with Gasteiger partial charge in [0.1, 0.15) is 0 Å². The second-order valence-electron chi connectivity index (χ2n) is 8.27. The summed E-state index contributed by atoms with van der Waals surface area (Å²) in [6.45, 7) is 4.69. The van der Waals surface area contributed by atoms with E-state index in [0.717, 1.165) is 42.6 Å². The third-order valence-electron chi connectivity index (χ3n) is 6.39. The van der Waals surface area contributed by atoms with Gasteiger partial charge in [-0.1, -0.05) is 6.42 Å². The van der Waals surface area contributed by atoms with Gasteiger partial charge in [-0.3, -0.25) is 4.90 Å². The molecule has 0 amide bonds. The highest BCUT2D eigenvalue weighted by Gasteiger charge is 2.47. The molecule has 0 radical (unpaired) electrons. The lowest BCUT2D eigenvalue weighted by Gasteiger charge is -2.57. The molecule has 0 spiro atoms. The zero-order valence-corrected chi connectivity index (χ0v) is 15.9. The van der Waals surface area contributed by atoms with E-state index in [-0.39, 0.29) is 0 Å². The van der Waals surface area contributed by atoms with Crippen LogP contribution in [0.3, 0.4) is 0 Å². The van der Waals surface area contributed by atoms with E-state index >= 15 is 0 Å². The summed E-state index contributed by atoms with van der Waals surface area (Å²) in [7, 11) is 6.37. The molecule has 1 aromatic heterocycles.